The van der Waals surface area contributed by atoms with Crippen LogP contribution in [0.25, 0.3) is 10.8 Å². The van der Waals surface area contributed by atoms with Gasteiger partial charge in [-0.05, 0) is 42.8 Å². The maximum Gasteiger partial charge on any atom is 0.257 e. The molecule has 0 aliphatic heterocycles. The Morgan fingerprint density at radius 2 is 1.92 bits per heavy atom. The third-order valence-electron chi connectivity index (χ3n) is 3.41. The van der Waals surface area contributed by atoms with Crippen molar-refractivity contribution in [1.82, 2.24) is 15.1 Å². The highest BCUT2D eigenvalue weighted by Crippen LogP contribution is 2.23. The van der Waals surface area contributed by atoms with E-state index in [4.69, 9.17) is 13.9 Å². The van der Waals surface area contributed by atoms with Gasteiger partial charge in [-0.1, -0.05) is 6.07 Å². The number of methoxy groups -OCH3 is 1. The van der Waals surface area contributed by atoms with Crippen LogP contribution in [0.4, 0.5) is 0 Å². The predicted molar refractivity (Wildman–Crippen MR) is 92.4 cm³/mol. The lowest BCUT2D eigenvalue weighted by Crippen LogP contribution is -2.24. The van der Waals surface area contributed by atoms with Crippen LogP contribution in [-0.4, -0.2) is 42.4 Å². The van der Waals surface area contributed by atoms with Crippen LogP contribution in [-0.2, 0) is 6.54 Å². The Morgan fingerprint density at radius 3 is 2.62 bits per heavy atom. The molecular formula is C17H19N3O3S. The second-order valence-electron chi connectivity index (χ2n) is 5.24. The van der Waals surface area contributed by atoms with Gasteiger partial charge in [0.1, 0.15) is 18.1 Å². The second kappa shape index (κ2) is 7.94. The second-order valence-corrected chi connectivity index (χ2v) is 6.19. The van der Waals surface area contributed by atoms with E-state index in [9.17, 15) is 0 Å². The van der Waals surface area contributed by atoms with E-state index in [1.165, 1.54) is 0 Å². The van der Waals surface area contributed by atoms with Crippen LogP contribution >= 0.6 is 11.3 Å². The zero-order valence-electron chi connectivity index (χ0n) is 13.6. The van der Waals surface area contributed by atoms with Gasteiger partial charge in [-0.25, -0.2) is 0 Å². The van der Waals surface area contributed by atoms with Crippen LogP contribution in [0.15, 0.2) is 46.2 Å². The summed E-state index contributed by atoms with van der Waals surface area (Å²) in [5.74, 6) is 2.81. The highest BCUT2D eigenvalue weighted by Gasteiger charge is 2.11. The van der Waals surface area contributed by atoms with Gasteiger partial charge in [-0.15, -0.1) is 21.5 Å². The molecule has 0 saturated heterocycles. The Kier molecular flexibility index (Phi) is 5.45. The van der Waals surface area contributed by atoms with Gasteiger partial charge in [0.05, 0.1) is 18.5 Å². The van der Waals surface area contributed by atoms with Crippen molar-refractivity contribution < 1.29 is 13.9 Å². The van der Waals surface area contributed by atoms with E-state index >= 15 is 0 Å². The number of nitrogens with zero attached hydrogens (tertiary/aromatic N) is 3. The molecule has 6 nitrogen and oxygen atoms in total. The SMILES string of the molecule is COc1ccc(OCCN(C)Cc2nnc(-c3cccs3)o2)cc1. The Balaban J connectivity index is 1.44. The van der Waals surface area contributed by atoms with Crippen molar-refractivity contribution in [1.29, 1.82) is 0 Å². The number of hydrogen-bond acceptors (Lipinski definition) is 7. The van der Waals surface area contributed by atoms with E-state index in [2.05, 4.69) is 15.1 Å². The Morgan fingerprint density at radius 1 is 1.12 bits per heavy atom. The van der Waals surface area contributed by atoms with Crippen molar-refractivity contribution in [3.8, 4) is 22.3 Å². The predicted octanol–water partition coefficient (Wildman–Crippen LogP) is 3.32. The molecule has 0 aliphatic rings. The van der Waals surface area contributed by atoms with Crippen LogP contribution in [0.5, 0.6) is 11.5 Å². The molecule has 0 radical (unpaired) electrons. The first-order valence-corrected chi connectivity index (χ1v) is 8.44. The van der Waals surface area contributed by atoms with E-state index in [1.54, 1.807) is 18.4 Å². The number of hydrogen-bond donors (Lipinski definition) is 0. The smallest absolute Gasteiger partial charge is 0.257 e. The number of ether oxygens (including phenoxy) is 2. The van der Waals surface area contributed by atoms with Gasteiger partial charge in [0.25, 0.3) is 5.89 Å². The number of aromatic nitrogens is 2. The van der Waals surface area contributed by atoms with Crippen LogP contribution < -0.4 is 9.47 Å². The summed E-state index contributed by atoms with van der Waals surface area (Å²) in [6, 6.07) is 11.5. The van der Waals surface area contributed by atoms with E-state index in [0.717, 1.165) is 22.9 Å². The minimum Gasteiger partial charge on any atom is -0.497 e. The molecule has 0 atom stereocenters. The molecule has 0 aliphatic carbocycles. The standard InChI is InChI=1S/C17H19N3O3S/c1-20(9-10-22-14-7-5-13(21-2)6-8-14)12-16-18-19-17(23-16)15-4-3-11-24-15/h3-8,11H,9-10,12H2,1-2H3. The number of benzene rings is 1. The lowest BCUT2D eigenvalue weighted by molar-refractivity contribution is 0.220. The molecule has 2 aromatic heterocycles. The molecule has 0 spiro atoms. The van der Waals surface area contributed by atoms with E-state index in [1.807, 2.05) is 48.8 Å². The zero-order chi connectivity index (χ0) is 16.8. The average molecular weight is 345 g/mol. The average Bonchev–Trinajstić information content (AvgIpc) is 3.27. The number of rotatable bonds is 8. The molecule has 24 heavy (non-hydrogen) atoms. The highest BCUT2D eigenvalue weighted by molar-refractivity contribution is 7.13. The van der Waals surface area contributed by atoms with Crippen molar-refractivity contribution in [2.24, 2.45) is 0 Å². The van der Waals surface area contributed by atoms with Crippen LogP contribution in [0.3, 0.4) is 0 Å². The van der Waals surface area contributed by atoms with Gasteiger partial charge < -0.3 is 13.9 Å². The molecular weight excluding hydrogens is 326 g/mol. The summed E-state index contributed by atoms with van der Waals surface area (Å²) in [4.78, 5) is 3.06. The minimum absolute atomic E-state index is 0.572. The summed E-state index contributed by atoms with van der Waals surface area (Å²) >= 11 is 1.58. The molecule has 3 rings (SSSR count). The van der Waals surface area contributed by atoms with Gasteiger partial charge in [0.15, 0.2) is 0 Å². The van der Waals surface area contributed by atoms with Crippen molar-refractivity contribution in [2.75, 3.05) is 27.3 Å². The van der Waals surface area contributed by atoms with Gasteiger partial charge >= 0.3 is 0 Å². The third kappa shape index (κ3) is 4.33. The largest absolute Gasteiger partial charge is 0.497 e. The van der Waals surface area contributed by atoms with E-state index < -0.39 is 0 Å². The monoisotopic (exact) mass is 345 g/mol. The summed E-state index contributed by atoms with van der Waals surface area (Å²) < 4.78 is 16.5. The van der Waals surface area contributed by atoms with Crippen molar-refractivity contribution in [2.45, 2.75) is 6.54 Å². The first kappa shape index (κ1) is 16.5. The Hall–Kier alpha value is -2.38. The maximum atomic E-state index is 5.72. The fourth-order valence-corrected chi connectivity index (χ4v) is 2.76. The van der Waals surface area contributed by atoms with Crippen molar-refractivity contribution in [3.05, 3.63) is 47.7 Å². The fraction of sp³-hybridized carbons (Fsp3) is 0.294. The maximum absolute atomic E-state index is 5.72. The summed E-state index contributed by atoms with van der Waals surface area (Å²) in [5.41, 5.74) is 0. The lowest BCUT2D eigenvalue weighted by atomic mass is 10.3. The topological polar surface area (TPSA) is 60.6 Å². The molecule has 0 unspecified atom stereocenters. The first-order valence-electron chi connectivity index (χ1n) is 7.56. The molecule has 2 heterocycles. The van der Waals surface area contributed by atoms with Gasteiger partial charge in [0.2, 0.25) is 5.89 Å². The van der Waals surface area contributed by atoms with E-state index in [-0.39, 0.29) is 0 Å². The molecule has 7 heteroatoms. The molecule has 0 amide bonds. The molecule has 126 valence electrons. The minimum atomic E-state index is 0.572. The molecule has 0 saturated carbocycles. The summed E-state index contributed by atoms with van der Waals surface area (Å²) in [6.07, 6.45) is 0. The van der Waals surface area contributed by atoms with E-state index in [0.29, 0.717) is 24.9 Å². The quantitative estimate of drug-likeness (QED) is 0.624. The third-order valence-corrected chi connectivity index (χ3v) is 4.26. The van der Waals surface area contributed by atoms with Gasteiger partial charge in [-0.2, -0.15) is 0 Å². The molecule has 0 fully saturated rings. The normalized spacial score (nSPS) is 11.0. The number of likely N-dealkylation sites (N-methyl/N-ethyl adjacent to an activating group) is 1. The molecule has 0 bridgehead atoms. The first-order chi connectivity index (χ1) is 11.7. The fourth-order valence-electron chi connectivity index (χ4n) is 2.12. The van der Waals surface area contributed by atoms with Crippen LogP contribution in [0.2, 0.25) is 0 Å². The highest BCUT2D eigenvalue weighted by atomic mass is 32.1. The van der Waals surface area contributed by atoms with Crippen molar-refractivity contribution in [3.63, 3.8) is 0 Å². The molecule has 1 aromatic carbocycles. The number of thiophene rings is 1. The van der Waals surface area contributed by atoms with Gasteiger partial charge in [0, 0.05) is 6.54 Å². The zero-order valence-corrected chi connectivity index (χ0v) is 14.5. The molecule has 3 aromatic rings. The molecule has 0 N–H and O–H groups in total. The lowest BCUT2D eigenvalue weighted by Gasteiger charge is -2.14. The summed E-state index contributed by atoms with van der Waals surface area (Å²) in [5, 5.41) is 10.2. The summed E-state index contributed by atoms with van der Waals surface area (Å²) in [6.45, 7) is 1.92. The summed E-state index contributed by atoms with van der Waals surface area (Å²) in [7, 11) is 3.64. The van der Waals surface area contributed by atoms with Crippen molar-refractivity contribution >= 4 is 11.3 Å². The van der Waals surface area contributed by atoms with Gasteiger partial charge in [-0.3, -0.25) is 4.90 Å². The Bertz CT molecular complexity index is 741. The Labute approximate surface area is 144 Å². The van der Waals surface area contributed by atoms with Crippen LogP contribution in [0.1, 0.15) is 5.89 Å². The van der Waals surface area contributed by atoms with Crippen LogP contribution in [0, 0.1) is 0 Å².